The first-order chi connectivity index (χ1) is 13.8. The maximum absolute atomic E-state index is 13.2. The number of aromatic hydroxyl groups is 2. The van der Waals surface area contributed by atoms with Crippen LogP contribution in [0.2, 0.25) is 0 Å². The lowest BCUT2D eigenvalue weighted by Crippen LogP contribution is -2.30. The first-order valence-corrected chi connectivity index (χ1v) is 9.45. The molecule has 2 aromatic carbocycles. The predicted octanol–water partition coefficient (Wildman–Crippen LogP) is 4.00. The van der Waals surface area contributed by atoms with Crippen LogP contribution >= 0.6 is 15.9 Å². The van der Waals surface area contributed by atoms with Crippen LogP contribution in [0.5, 0.6) is 11.5 Å². The molecular formula is C21H19BrN2O5. The van der Waals surface area contributed by atoms with Crippen molar-refractivity contribution in [2.24, 2.45) is 0 Å². The van der Waals surface area contributed by atoms with Gasteiger partial charge in [-0.2, -0.15) is 0 Å². The highest BCUT2D eigenvalue weighted by atomic mass is 79.9. The largest absolute Gasteiger partial charge is 0.508 e. The number of phenolic OH excluding ortho intramolecular Hbond substituents is 2. The summed E-state index contributed by atoms with van der Waals surface area (Å²) < 4.78 is 6.05. The fourth-order valence-corrected chi connectivity index (χ4v) is 3.10. The summed E-state index contributed by atoms with van der Waals surface area (Å²) in [6.45, 7) is 0.103. The van der Waals surface area contributed by atoms with Gasteiger partial charge in [0.05, 0.1) is 12.1 Å². The van der Waals surface area contributed by atoms with Crippen LogP contribution in [0.25, 0.3) is 0 Å². The van der Waals surface area contributed by atoms with Gasteiger partial charge >= 0.3 is 0 Å². The number of carbonyl (C=O) groups excluding carboxylic acids is 2. The highest BCUT2D eigenvalue weighted by Gasteiger charge is 2.23. The third-order valence-corrected chi connectivity index (χ3v) is 4.66. The maximum Gasteiger partial charge on any atom is 0.262 e. The van der Waals surface area contributed by atoms with Crippen molar-refractivity contribution in [1.29, 1.82) is 0 Å². The quantitative estimate of drug-likeness (QED) is 0.602. The fourth-order valence-electron chi connectivity index (χ4n) is 2.76. The molecule has 2 amide bonds. The third-order valence-electron chi connectivity index (χ3n) is 4.23. The average Bonchev–Trinajstić information content (AvgIpc) is 3.10. The van der Waals surface area contributed by atoms with Gasteiger partial charge in [-0.05, 0) is 64.5 Å². The van der Waals surface area contributed by atoms with Gasteiger partial charge in [0.2, 0.25) is 0 Å². The highest BCUT2D eigenvalue weighted by molar-refractivity contribution is 9.10. The minimum atomic E-state index is -0.485. The number of halogens is 1. The van der Waals surface area contributed by atoms with Crippen LogP contribution in [-0.2, 0) is 6.54 Å². The molecule has 3 rings (SSSR count). The molecule has 0 unspecified atom stereocenters. The summed E-state index contributed by atoms with van der Waals surface area (Å²) in [5.74, 6) is -0.591. The van der Waals surface area contributed by atoms with E-state index in [0.717, 1.165) is 6.07 Å². The van der Waals surface area contributed by atoms with E-state index in [1.807, 2.05) is 0 Å². The molecule has 0 bridgehead atoms. The maximum atomic E-state index is 13.2. The standard InChI is InChI=1S/C21H19BrN2O5/c1-23(2)20(27)13-3-5-14(6-4-13)24(12-16-8-10-19(22)29-16)21(28)17-9-7-15(25)11-18(17)26/h3-11,25-26H,12H2,1-2H3. The van der Waals surface area contributed by atoms with Gasteiger partial charge in [-0.3, -0.25) is 9.59 Å². The molecule has 0 saturated heterocycles. The average molecular weight is 459 g/mol. The molecular weight excluding hydrogens is 440 g/mol. The van der Waals surface area contributed by atoms with Crippen LogP contribution in [0.1, 0.15) is 26.5 Å². The van der Waals surface area contributed by atoms with E-state index >= 15 is 0 Å². The van der Waals surface area contributed by atoms with E-state index in [4.69, 9.17) is 4.42 Å². The summed E-state index contributed by atoms with van der Waals surface area (Å²) in [4.78, 5) is 28.2. The number of furan rings is 1. The van der Waals surface area contributed by atoms with E-state index in [0.29, 0.717) is 21.7 Å². The molecule has 0 atom stereocenters. The Morgan fingerprint density at radius 1 is 0.966 bits per heavy atom. The summed E-state index contributed by atoms with van der Waals surface area (Å²) in [6.07, 6.45) is 0. The molecule has 7 nitrogen and oxygen atoms in total. The molecule has 8 heteroatoms. The van der Waals surface area contributed by atoms with Crippen molar-refractivity contribution in [1.82, 2.24) is 4.90 Å². The number of benzene rings is 2. The molecule has 0 aliphatic carbocycles. The molecule has 0 spiro atoms. The van der Waals surface area contributed by atoms with E-state index in [2.05, 4.69) is 15.9 Å². The second kappa shape index (κ2) is 8.40. The predicted molar refractivity (Wildman–Crippen MR) is 111 cm³/mol. The van der Waals surface area contributed by atoms with E-state index < -0.39 is 5.91 Å². The molecule has 1 heterocycles. The zero-order valence-corrected chi connectivity index (χ0v) is 17.4. The van der Waals surface area contributed by atoms with Crippen molar-refractivity contribution >= 4 is 33.4 Å². The van der Waals surface area contributed by atoms with Crippen molar-refractivity contribution < 1.29 is 24.2 Å². The van der Waals surface area contributed by atoms with Crippen molar-refractivity contribution in [3.05, 3.63) is 76.2 Å². The Morgan fingerprint density at radius 3 is 2.21 bits per heavy atom. The number of rotatable bonds is 5. The Labute approximate surface area is 175 Å². The molecule has 0 radical (unpaired) electrons. The number of hydrogen-bond acceptors (Lipinski definition) is 5. The van der Waals surface area contributed by atoms with Crippen LogP contribution in [0.3, 0.4) is 0 Å². The number of nitrogens with zero attached hydrogens (tertiary/aromatic N) is 2. The molecule has 150 valence electrons. The van der Waals surface area contributed by atoms with Gasteiger partial charge in [0.1, 0.15) is 17.3 Å². The topological polar surface area (TPSA) is 94.2 Å². The minimum absolute atomic E-state index is 0.0295. The van der Waals surface area contributed by atoms with Crippen LogP contribution in [-0.4, -0.2) is 41.0 Å². The van der Waals surface area contributed by atoms with Gasteiger partial charge in [0.15, 0.2) is 4.67 Å². The number of carbonyl (C=O) groups is 2. The zero-order valence-electron chi connectivity index (χ0n) is 15.8. The summed E-state index contributed by atoms with van der Waals surface area (Å²) >= 11 is 3.24. The van der Waals surface area contributed by atoms with Gasteiger partial charge in [-0.15, -0.1) is 0 Å². The van der Waals surface area contributed by atoms with Crippen LogP contribution in [0.4, 0.5) is 5.69 Å². The Balaban J connectivity index is 1.98. The number of amides is 2. The van der Waals surface area contributed by atoms with Crippen LogP contribution in [0, 0.1) is 0 Å². The summed E-state index contributed by atoms with van der Waals surface area (Å²) in [5, 5.41) is 19.6. The lowest BCUT2D eigenvalue weighted by Gasteiger charge is -2.23. The molecule has 1 aromatic heterocycles. The Morgan fingerprint density at radius 2 is 1.66 bits per heavy atom. The molecule has 0 fully saturated rings. The Kier molecular flexibility index (Phi) is 5.93. The molecule has 0 saturated carbocycles. The van der Waals surface area contributed by atoms with Crippen molar-refractivity contribution in [3.63, 3.8) is 0 Å². The molecule has 3 aromatic rings. The lowest BCUT2D eigenvalue weighted by atomic mass is 10.1. The van der Waals surface area contributed by atoms with Crippen molar-refractivity contribution in [3.8, 4) is 11.5 Å². The fraction of sp³-hybridized carbons (Fsp3) is 0.143. The SMILES string of the molecule is CN(C)C(=O)c1ccc(N(Cc2ccc(Br)o2)C(=O)c2ccc(O)cc2O)cc1. The smallest absolute Gasteiger partial charge is 0.262 e. The highest BCUT2D eigenvalue weighted by Crippen LogP contribution is 2.28. The first-order valence-electron chi connectivity index (χ1n) is 8.66. The zero-order chi connectivity index (χ0) is 21.1. The molecule has 0 aliphatic heterocycles. The van der Waals surface area contributed by atoms with Crippen molar-refractivity contribution in [2.45, 2.75) is 6.54 Å². The number of anilines is 1. The van der Waals surface area contributed by atoms with Gasteiger partial charge in [0, 0.05) is 31.4 Å². The molecule has 0 aliphatic rings. The molecule has 2 N–H and O–H groups in total. The van der Waals surface area contributed by atoms with Gasteiger partial charge < -0.3 is 24.4 Å². The summed E-state index contributed by atoms with van der Waals surface area (Å²) in [7, 11) is 3.32. The summed E-state index contributed by atoms with van der Waals surface area (Å²) in [5.41, 5.74) is 1.03. The van der Waals surface area contributed by atoms with Crippen LogP contribution in [0.15, 0.2) is 63.7 Å². The third kappa shape index (κ3) is 4.60. The Hall–Kier alpha value is -3.26. The minimum Gasteiger partial charge on any atom is -0.508 e. The van der Waals surface area contributed by atoms with Gasteiger partial charge in [-0.25, -0.2) is 0 Å². The van der Waals surface area contributed by atoms with Gasteiger partial charge in [0.25, 0.3) is 11.8 Å². The Bertz CT molecular complexity index is 1040. The number of hydrogen-bond donors (Lipinski definition) is 2. The number of phenols is 2. The monoisotopic (exact) mass is 458 g/mol. The van der Waals surface area contributed by atoms with Crippen molar-refractivity contribution in [2.75, 3.05) is 19.0 Å². The molecule has 29 heavy (non-hydrogen) atoms. The van der Waals surface area contributed by atoms with E-state index in [9.17, 15) is 19.8 Å². The first kappa shape index (κ1) is 20.5. The van der Waals surface area contributed by atoms with E-state index in [-0.39, 0.29) is 29.5 Å². The second-order valence-corrected chi connectivity index (χ2v) is 7.33. The summed E-state index contributed by atoms with van der Waals surface area (Å²) in [6, 6.07) is 13.8. The van der Waals surface area contributed by atoms with Crippen LogP contribution < -0.4 is 4.90 Å². The second-order valence-electron chi connectivity index (χ2n) is 6.55. The lowest BCUT2D eigenvalue weighted by molar-refractivity contribution is 0.0827. The normalized spacial score (nSPS) is 10.6. The van der Waals surface area contributed by atoms with Gasteiger partial charge in [-0.1, -0.05) is 0 Å². The van der Waals surface area contributed by atoms with E-state index in [1.54, 1.807) is 50.5 Å². The van der Waals surface area contributed by atoms with E-state index in [1.165, 1.54) is 21.9 Å².